The van der Waals surface area contributed by atoms with E-state index in [0.717, 1.165) is 38.7 Å². The summed E-state index contributed by atoms with van der Waals surface area (Å²) >= 11 is 0. The maximum absolute atomic E-state index is 14.6. The zero-order chi connectivity index (χ0) is 45.0. The van der Waals surface area contributed by atoms with E-state index >= 15 is 0 Å². The highest BCUT2D eigenvalue weighted by molar-refractivity contribution is 5.91. The van der Waals surface area contributed by atoms with E-state index in [-0.39, 0.29) is 49.8 Å². The van der Waals surface area contributed by atoms with Gasteiger partial charge < -0.3 is 25.0 Å². The van der Waals surface area contributed by atoms with Gasteiger partial charge in [-0.05, 0) is 59.1 Å². The van der Waals surface area contributed by atoms with Crippen LogP contribution in [0.4, 0.5) is 14.4 Å². The smallest absolute Gasteiger partial charge is 0.417 e. The van der Waals surface area contributed by atoms with Crippen molar-refractivity contribution in [3.05, 3.63) is 120 Å². The van der Waals surface area contributed by atoms with Gasteiger partial charge in [-0.25, -0.2) is 24.3 Å². The molecule has 332 valence electrons. The van der Waals surface area contributed by atoms with Crippen LogP contribution in [0, 0.1) is 11.3 Å². The largest absolute Gasteiger partial charge is 0.452 e. The second-order valence-electron chi connectivity index (χ2n) is 17.6. The third kappa shape index (κ3) is 13.1. The molecule has 3 N–H and O–H groups in total. The number of methoxy groups -OCH3 is 1. The van der Waals surface area contributed by atoms with Gasteiger partial charge in [0.2, 0.25) is 5.91 Å². The number of amides is 6. The standard InChI is InChI=1S/C48H64N8O6/c1-9-34(4)43(55-27-26-53(46(55)60)30-38-18-15-20-39(50-38)33(2)3)44(58)51-41(28-35-16-11-10-12-17-35)42(57)31-54(52-45(59)56(47(61)62-8)32-48(5,6)7)29-36-21-23-37(24-22-36)40-19-13-14-25-49-40/h10-25,33-34,41-43,57H,9,26-32H2,1-8H3,(H,51,58)(H,52,59). The molecule has 0 radical (unpaired) electrons. The highest BCUT2D eigenvalue weighted by Gasteiger charge is 2.41. The predicted octanol–water partition coefficient (Wildman–Crippen LogP) is 7.25. The van der Waals surface area contributed by atoms with Gasteiger partial charge in [-0.3, -0.25) is 20.2 Å². The summed E-state index contributed by atoms with van der Waals surface area (Å²) in [5.41, 5.74) is 7.55. The average Bonchev–Trinajstić information content (AvgIpc) is 3.60. The fraction of sp³-hybridized carbons (Fsp3) is 0.458. The number of ether oxygens (including phenoxy) is 1. The van der Waals surface area contributed by atoms with Crippen molar-refractivity contribution in [1.29, 1.82) is 0 Å². The van der Waals surface area contributed by atoms with E-state index in [0.29, 0.717) is 26.1 Å². The Morgan fingerprint density at radius 3 is 2.24 bits per heavy atom. The van der Waals surface area contributed by atoms with Crippen LogP contribution in [-0.2, 0) is 29.0 Å². The number of hydrogen-bond acceptors (Lipinski definition) is 9. The number of benzene rings is 2. The second-order valence-corrected chi connectivity index (χ2v) is 17.6. The average molecular weight is 849 g/mol. The maximum atomic E-state index is 14.6. The van der Waals surface area contributed by atoms with Gasteiger partial charge >= 0.3 is 18.2 Å². The van der Waals surface area contributed by atoms with Crippen molar-refractivity contribution in [1.82, 2.24) is 40.4 Å². The molecular weight excluding hydrogens is 785 g/mol. The van der Waals surface area contributed by atoms with E-state index in [9.17, 15) is 24.3 Å². The molecule has 6 amide bonds. The van der Waals surface area contributed by atoms with Gasteiger partial charge in [0.15, 0.2) is 0 Å². The molecule has 14 nitrogen and oxygen atoms in total. The van der Waals surface area contributed by atoms with E-state index in [1.165, 1.54) is 7.11 Å². The van der Waals surface area contributed by atoms with Crippen molar-refractivity contribution in [3.63, 3.8) is 0 Å². The van der Waals surface area contributed by atoms with Crippen molar-refractivity contribution in [2.24, 2.45) is 11.3 Å². The summed E-state index contributed by atoms with van der Waals surface area (Å²) in [7, 11) is 1.22. The third-order valence-electron chi connectivity index (χ3n) is 11.0. The van der Waals surface area contributed by atoms with Gasteiger partial charge in [-0.1, -0.05) is 122 Å². The molecule has 5 rings (SSSR count). The number of nitrogens with zero attached hydrogens (tertiary/aromatic N) is 6. The van der Waals surface area contributed by atoms with Crippen LogP contribution in [0.25, 0.3) is 11.3 Å². The molecule has 3 heterocycles. The Balaban J connectivity index is 1.41. The van der Waals surface area contributed by atoms with Crippen LogP contribution in [0.3, 0.4) is 0 Å². The number of carbonyl (C=O) groups excluding carboxylic acids is 4. The Morgan fingerprint density at radius 1 is 0.903 bits per heavy atom. The Kier molecular flexibility index (Phi) is 16.6. The molecule has 1 aliphatic rings. The molecule has 62 heavy (non-hydrogen) atoms. The molecular formula is C48H64N8O6. The van der Waals surface area contributed by atoms with E-state index < -0.39 is 35.7 Å². The molecule has 0 bridgehead atoms. The molecule has 0 saturated carbocycles. The van der Waals surface area contributed by atoms with E-state index in [1.807, 2.05) is 126 Å². The molecule has 4 unspecified atom stereocenters. The highest BCUT2D eigenvalue weighted by Crippen LogP contribution is 2.24. The van der Waals surface area contributed by atoms with Gasteiger partial charge in [0, 0.05) is 50.2 Å². The van der Waals surface area contributed by atoms with Crippen LogP contribution in [0.2, 0.25) is 0 Å². The highest BCUT2D eigenvalue weighted by atomic mass is 16.5. The monoisotopic (exact) mass is 848 g/mol. The SMILES string of the molecule is CCC(C)C(C(=O)NC(Cc1ccccc1)C(O)CN(Cc1ccc(-c2ccccn2)cc1)NC(=O)N(CC(C)(C)C)C(=O)OC)N1CCN(Cc2cccc(C(C)C)n2)C1=O. The van der Waals surface area contributed by atoms with Gasteiger partial charge in [0.05, 0.1) is 37.2 Å². The van der Waals surface area contributed by atoms with Crippen LogP contribution >= 0.6 is 0 Å². The summed E-state index contributed by atoms with van der Waals surface area (Å²) in [6.07, 6.45) is 0.571. The Hall–Kier alpha value is -5.86. The zero-order valence-corrected chi connectivity index (χ0v) is 37.5. The minimum atomic E-state index is -1.23. The second kappa shape index (κ2) is 21.8. The summed E-state index contributed by atoms with van der Waals surface area (Å²) in [5.74, 6) is -0.334. The molecule has 2 aromatic heterocycles. The fourth-order valence-corrected chi connectivity index (χ4v) is 7.50. The van der Waals surface area contributed by atoms with E-state index in [1.54, 1.807) is 21.0 Å². The molecule has 0 aliphatic carbocycles. The Bertz CT molecular complexity index is 2080. The van der Waals surface area contributed by atoms with Gasteiger partial charge in [0.1, 0.15) is 6.04 Å². The van der Waals surface area contributed by atoms with Gasteiger partial charge in [-0.15, -0.1) is 0 Å². The minimum absolute atomic E-state index is 0.0673. The predicted molar refractivity (Wildman–Crippen MR) is 239 cm³/mol. The first-order valence-electron chi connectivity index (χ1n) is 21.5. The number of hydrazine groups is 1. The van der Waals surface area contributed by atoms with Crippen molar-refractivity contribution in [3.8, 4) is 11.3 Å². The van der Waals surface area contributed by atoms with Gasteiger partial charge in [0.25, 0.3) is 0 Å². The van der Waals surface area contributed by atoms with Crippen LogP contribution < -0.4 is 10.7 Å². The molecule has 1 saturated heterocycles. The molecule has 14 heteroatoms. The molecule has 2 aromatic carbocycles. The number of carbonyl (C=O) groups is 4. The summed E-state index contributed by atoms with van der Waals surface area (Å²) in [6, 6.07) is 26.1. The maximum Gasteiger partial charge on any atom is 0.417 e. The fourth-order valence-electron chi connectivity index (χ4n) is 7.50. The number of pyridine rings is 2. The lowest BCUT2D eigenvalue weighted by molar-refractivity contribution is -0.128. The lowest BCUT2D eigenvalue weighted by Gasteiger charge is -2.35. The first-order valence-corrected chi connectivity index (χ1v) is 21.5. The molecule has 0 spiro atoms. The number of nitrogens with one attached hydrogen (secondary N) is 2. The number of aliphatic hydroxyl groups is 1. The molecule has 1 fully saturated rings. The Morgan fingerprint density at radius 2 is 1.61 bits per heavy atom. The Labute approximate surface area is 366 Å². The van der Waals surface area contributed by atoms with Crippen molar-refractivity contribution < 1.29 is 29.0 Å². The van der Waals surface area contributed by atoms with Crippen molar-refractivity contribution in [2.45, 2.75) is 98.5 Å². The molecule has 4 atom stereocenters. The van der Waals surface area contributed by atoms with Crippen molar-refractivity contribution >= 4 is 24.1 Å². The topological polar surface area (TPSA) is 161 Å². The molecule has 4 aromatic rings. The third-order valence-corrected chi connectivity index (χ3v) is 11.0. The summed E-state index contributed by atoms with van der Waals surface area (Å²) in [4.78, 5) is 69.1. The van der Waals surface area contributed by atoms with Gasteiger partial charge in [-0.2, -0.15) is 0 Å². The lowest BCUT2D eigenvalue weighted by atomic mass is 9.95. The van der Waals surface area contributed by atoms with Crippen LogP contribution in [-0.4, -0.2) is 110 Å². The number of urea groups is 2. The first-order chi connectivity index (χ1) is 29.6. The number of hydrogen-bond donors (Lipinski definition) is 3. The van der Waals surface area contributed by atoms with Crippen LogP contribution in [0.5, 0.6) is 0 Å². The number of aliphatic hydroxyl groups excluding tert-OH is 1. The lowest BCUT2D eigenvalue weighted by Crippen LogP contribution is -2.59. The number of imide groups is 1. The van der Waals surface area contributed by atoms with Crippen molar-refractivity contribution in [2.75, 3.05) is 33.3 Å². The number of rotatable bonds is 18. The zero-order valence-electron chi connectivity index (χ0n) is 37.5. The first kappa shape index (κ1) is 47.2. The van der Waals surface area contributed by atoms with E-state index in [2.05, 4.69) is 29.6 Å². The normalized spacial score (nSPS) is 15.0. The minimum Gasteiger partial charge on any atom is -0.452 e. The van der Waals surface area contributed by atoms with Crippen LogP contribution in [0.1, 0.15) is 83.3 Å². The van der Waals surface area contributed by atoms with E-state index in [4.69, 9.17) is 9.72 Å². The summed E-state index contributed by atoms with van der Waals surface area (Å²) in [5, 5.41) is 16.9. The summed E-state index contributed by atoms with van der Waals surface area (Å²) < 4.78 is 4.98. The quantitative estimate of drug-likeness (QED) is 0.0877. The number of aromatic nitrogens is 2. The van der Waals surface area contributed by atoms with Crippen LogP contribution in [0.15, 0.2) is 97.2 Å². The summed E-state index contributed by atoms with van der Waals surface area (Å²) in [6.45, 7) is 15.0. The molecule has 1 aliphatic heterocycles.